The van der Waals surface area contributed by atoms with Crippen LogP contribution in [0.15, 0.2) is 18.2 Å². The Morgan fingerprint density at radius 1 is 1.22 bits per heavy atom. The summed E-state index contributed by atoms with van der Waals surface area (Å²) in [6.45, 7) is 8.43. The molecule has 1 heterocycles. The van der Waals surface area contributed by atoms with E-state index in [1.54, 1.807) is 0 Å². The molecule has 1 rings (SSSR count). The number of aromatic nitrogens is 1. The molecule has 1 aromatic heterocycles. The van der Waals surface area contributed by atoms with Crippen LogP contribution in [0.5, 0.6) is 0 Å². The Morgan fingerprint density at radius 3 is 2.44 bits per heavy atom. The summed E-state index contributed by atoms with van der Waals surface area (Å²) in [7, 11) is 4.19. The second-order valence-electron chi connectivity index (χ2n) is 5.20. The fourth-order valence-electron chi connectivity index (χ4n) is 1.80. The fourth-order valence-corrected chi connectivity index (χ4v) is 1.80. The maximum Gasteiger partial charge on any atom is 0.128 e. The van der Waals surface area contributed by atoms with Gasteiger partial charge in [0.25, 0.3) is 0 Å². The summed E-state index contributed by atoms with van der Waals surface area (Å²) in [5, 5.41) is 6.75. The Morgan fingerprint density at radius 2 is 1.89 bits per heavy atom. The zero-order valence-electron chi connectivity index (χ0n) is 12.2. The van der Waals surface area contributed by atoms with Gasteiger partial charge in [-0.1, -0.05) is 19.9 Å². The lowest BCUT2D eigenvalue weighted by Gasteiger charge is -2.26. The number of hydrogen-bond donors (Lipinski definition) is 2. The monoisotopic (exact) mass is 250 g/mol. The summed E-state index contributed by atoms with van der Waals surface area (Å²) in [6.07, 6.45) is 0. The van der Waals surface area contributed by atoms with Crippen molar-refractivity contribution in [1.29, 1.82) is 0 Å². The number of nitrogens with zero attached hydrogens (tertiary/aromatic N) is 2. The molecule has 0 aliphatic heterocycles. The van der Waals surface area contributed by atoms with Gasteiger partial charge in [-0.25, -0.2) is 4.98 Å². The Hall–Kier alpha value is -1.29. The molecule has 0 bridgehead atoms. The van der Waals surface area contributed by atoms with Gasteiger partial charge in [-0.3, -0.25) is 0 Å². The lowest BCUT2D eigenvalue weighted by molar-refractivity contribution is 0.344. The largest absolute Gasteiger partial charge is 0.370 e. The molecule has 1 atom stereocenters. The van der Waals surface area contributed by atoms with Gasteiger partial charge < -0.3 is 15.5 Å². The van der Waals surface area contributed by atoms with E-state index in [0.717, 1.165) is 24.7 Å². The van der Waals surface area contributed by atoms with Crippen LogP contribution in [0.2, 0.25) is 0 Å². The number of anilines is 2. The molecule has 0 saturated carbocycles. The highest BCUT2D eigenvalue weighted by Gasteiger charge is 2.14. The van der Waals surface area contributed by atoms with E-state index < -0.39 is 0 Å². The van der Waals surface area contributed by atoms with Crippen molar-refractivity contribution in [3.63, 3.8) is 0 Å². The molecule has 0 aromatic carbocycles. The molecule has 0 spiro atoms. The van der Waals surface area contributed by atoms with Crippen LogP contribution in [0.4, 0.5) is 11.6 Å². The Bertz CT molecular complexity index is 349. The standard InChI is InChI=1S/C14H26N4/c1-6-15-13-8-7-9-14(17-13)16-12(11(2)3)10-18(4)5/h7-9,11-12H,6,10H2,1-5H3,(H2,15,16,17). The van der Waals surface area contributed by atoms with Gasteiger partial charge in [0.1, 0.15) is 11.6 Å². The van der Waals surface area contributed by atoms with Crippen LogP contribution in [0, 0.1) is 5.92 Å². The topological polar surface area (TPSA) is 40.2 Å². The number of hydrogen-bond acceptors (Lipinski definition) is 4. The quantitative estimate of drug-likeness (QED) is 0.780. The number of likely N-dealkylation sites (N-methyl/N-ethyl adjacent to an activating group) is 1. The maximum absolute atomic E-state index is 4.55. The first kappa shape index (κ1) is 14.8. The molecule has 2 N–H and O–H groups in total. The van der Waals surface area contributed by atoms with Gasteiger partial charge in [0, 0.05) is 19.1 Å². The van der Waals surface area contributed by atoms with Gasteiger partial charge in [0.05, 0.1) is 0 Å². The van der Waals surface area contributed by atoms with Gasteiger partial charge in [-0.2, -0.15) is 0 Å². The fraction of sp³-hybridized carbons (Fsp3) is 0.643. The van der Waals surface area contributed by atoms with Crippen LogP contribution in [0.3, 0.4) is 0 Å². The molecular formula is C14H26N4. The smallest absolute Gasteiger partial charge is 0.128 e. The molecule has 0 fully saturated rings. The minimum absolute atomic E-state index is 0.407. The van der Waals surface area contributed by atoms with Crippen molar-refractivity contribution in [2.75, 3.05) is 37.8 Å². The molecule has 4 nitrogen and oxygen atoms in total. The average molecular weight is 250 g/mol. The molecule has 18 heavy (non-hydrogen) atoms. The highest BCUT2D eigenvalue weighted by atomic mass is 15.1. The molecule has 0 aliphatic rings. The summed E-state index contributed by atoms with van der Waals surface area (Å²) in [6, 6.07) is 6.45. The molecule has 0 aliphatic carbocycles. The van der Waals surface area contributed by atoms with Crippen molar-refractivity contribution < 1.29 is 0 Å². The van der Waals surface area contributed by atoms with Gasteiger partial charge >= 0.3 is 0 Å². The van der Waals surface area contributed by atoms with E-state index in [1.807, 2.05) is 18.2 Å². The highest BCUT2D eigenvalue weighted by molar-refractivity contribution is 5.45. The predicted octanol–water partition coefficient (Wildman–Crippen LogP) is 2.51. The van der Waals surface area contributed by atoms with E-state index in [2.05, 4.69) is 55.4 Å². The van der Waals surface area contributed by atoms with Gasteiger partial charge in [-0.05, 0) is 39.1 Å². The van der Waals surface area contributed by atoms with E-state index in [1.165, 1.54) is 0 Å². The van der Waals surface area contributed by atoms with Crippen molar-refractivity contribution >= 4 is 11.6 Å². The minimum Gasteiger partial charge on any atom is -0.370 e. The Labute approximate surface area is 111 Å². The Balaban J connectivity index is 2.70. The summed E-state index contributed by atoms with van der Waals surface area (Å²) in [5.74, 6) is 2.43. The molecule has 0 saturated heterocycles. The summed E-state index contributed by atoms with van der Waals surface area (Å²) >= 11 is 0. The van der Waals surface area contributed by atoms with Gasteiger partial charge in [0.15, 0.2) is 0 Å². The van der Waals surface area contributed by atoms with Crippen molar-refractivity contribution in [2.45, 2.75) is 26.8 Å². The van der Waals surface area contributed by atoms with Gasteiger partial charge in [-0.15, -0.1) is 0 Å². The van der Waals surface area contributed by atoms with Crippen LogP contribution in [0.25, 0.3) is 0 Å². The van der Waals surface area contributed by atoms with E-state index in [-0.39, 0.29) is 0 Å². The van der Waals surface area contributed by atoms with Crippen LogP contribution in [-0.2, 0) is 0 Å². The number of pyridine rings is 1. The first-order valence-electron chi connectivity index (χ1n) is 6.65. The van der Waals surface area contributed by atoms with Crippen LogP contribution in [0.1, 0.15) is 20.8 Å². The summed E-state index contributed by atoms with van der Waals surface area (Å²) in [5.41, 5.74) is 0. The lowest BCUT2D eigenvalue weighted by atomic mass is 10.0. The van der Waals surface area contributed by atoms with E-state index in [4.69, 9.17) is 0 Å². The predicted molar refractivity (Wildman–Crippen MR) is 79.2 cm³/mol. The van der Waals surface area contributed by atoms with Crippen molar-refractivity contribution in [1.82, 2.24) is 9.88 Å². The van der Waals surface area contributed by atoms with Crippen molar-refractivity contribution in [3.8, 4) is 0 Å². The minimum atomic E-state index is 0.407. The molecule has 102 valence electrons. The van der Waals surface area contributed by atoms with E-state index >= 15 is 0 Å². The van der Waals surface area contributed by atoms with Crippen molar-refractivity contribution in [3.05, 3.63) is 18.2 Å². The van der Waals surface area contributed by atoms with E-state index in [9.17, 15) is 0 Å². The molecule has 0 amide bonds. The number of nitrogens with one attached hydrogen (secondary N) is 2. The Kier molecular flexibility index (Phi) is 5.92. The number of rotatable bonds is 7. The maximum atomic E-state index is 4.55. The summed E-state index contributed by atoms with van der Waals surface area (Å²) < 4.78 is 0. The normalized spacial score (nSPS) is 12.8. The third-order valence-corrected chi connectivity index (χ3v) is 2.81. The van der Waals surface area contributed by atoms with Crippen LogP contribution in [-0.4, -0.2) is 43.1 Å². The molecular weight excluding hydrogens is 224 g/mol. The molecule has 1 unspecified atom stereocenters. The van der Waals surface area contributed by atoms with Crippen LogP contribution >= 0.6 is 0 Å². The third-order valence-electron chi connectivity index (χ3n) is 2.81. The second-order valence-corrected chi connectivity index (χ2v) is 5.20. The second kappa shape index (κ2) is 7.21. The van der Waals surface area contributed by atoms with Gasteiger partial charge in [0.2, 0.25) is 0 Å². The molecule has 0 radical (unpaired) electrons. The van der Waals surface area contributed by atoms with E-state index in [0.29, 0.717) is 12.0 Å². The lowest BCUT2D eigenvalue weighted by Crippen LogP contribution is -2.36. The van der Waals surface area contributed by atoms with Crippen LogP contribution < -0.4 is 10.6 Å². The molecule has 1 aromatic rings. The highest BCUT2D eigenvalue weighted by Crippen LogP contribution is 2.13. The molecule has 4 heteroatoms. The SMILES string of the molecule is CCNc1cccc(NC(CN(C)C)C(C)C)n1. The summed E-state index contributed by atoms with van der Waals surface area (Å²) in [4.78, 5) is 6.75. The zero-order valence-corrected chi connectivity index (χ0v) is 12.2. The first-order valence-corrected chi connectivity index (χ1v) is 6.65. The van der Waals surface area contributed by atoms with Crippen molar-refractivity contribution in [2.24, 2.45) is 5.92 Å². The zero-order chi connectivity index (χ0) is 13.5. The average Bonchev–Trinajstić information content (AvgIpc) is 2.28. The third kappa shape index (κ3) is 4.92. The first-order chi connectivity index (χ1) is 8.52.